The first-order valence-corrected chi connectivity index (χ1v) is 5.70. The zero-order chi connectivity index (χ0) is 13.1. The lowest BCUT2D eigenvalue weighted by atomic mass is 10.2. The molecule has 0 aliphatic carbocycles. The van der Waals surface area contributed by atoms with Crippen molar-refractivity contribution < 1.29 is 9.59 Å². The van der Waals surface area contributed by atoms with Crippen molar-refractivity contribution in [2.75, 3.05) is 19.5 Å². The average Bonchev–Trinajstić information content (AvgIpc) is 2.63. The maximum absolute atomic E-state index is 11.9. The molecule has 2 N–H and O–H groups in total. The predicted molar refractivity (Wildman–Crippen MR) is 67.1 cm³/mol. The van der Waals surface area contributed by atoms with E-state index in [1.807, 2.05) is 30.3 Å². The van der Waals surface area contributed by atoms with Crippen LogP contribution in [-0.2, 0) is 9.59 Å². The van der Waals surface area contributed by atoms with Crippen molar-refractivity contribution in [2.45, 2.75) is 12.5 Å². The van der Waals surface area contributed by atoms with E-state index in [2.05, 4.69) is 10.9 Å². The van der Waals surface area contributed by atoms with Gasteiger partial charge in [-0.2, -0.15) is 0 Å². The summed E-state index contributed by atoms with van der Waals surface area (Å²) in [6.45, 7) is 0. The second kappa shape index (κ2) is 5.16. The maximum Gasteiger partial charge on any atom is 0.263 e. The van der Waals surface area contributed by atoms with Gasteiger partial charge in [-0.3, -0.25) is 9.59 Å². The standard InChI is InChI=1S/C12H16N4O2/c1-15(2)16-11(17)8-10(12(16)18)14-13-9-6-4-3-5-7-9/h3-7,10,13-14H,8H2,1-2H3/t10-/m1/s1. The largest absolute Gasteiger partial charge is 0.321 e. The van der Waals surface area contributed by atoms with E-state index in [0.717, 1.165) is 10.7 Å². The van der Waals surface area contributed by atoms with E-state index in [0.29, 0.717) is 0 Å². The molecule has 1 aliphatic heterocycles. The number of nitrogens with zero attached hydrogens (tertiary/aromatic N) is 2. The lowest BCUT2D eigenvalue weighted by Crippen LogP contribution is -2.46. The van der Waals surface area contributed by atoms with Crippen LogP contribution in [0.25, 0.3) is 0 Å². The van der Waals surface area contributed by atoms with E-state index in [9.17, 15) is 9.59 Å². The van der Waals surface area contributed by atoms with Crippen LogP contribution < -0.4 is 10.9 Å². The fourth-order valence-corrected chi connectivity index (χ4v) is 1.84. The second-order valence-electron chi connectivity index (χ2n) is 4.28. The Morgan fingerprint density at radius 3 is 2.44 bits per heavy atom. The van der Waals surface area contributed by atoms with Crippen LogP contribution in [0, 0.1) is 0 Å². The molecule has 2 rings (SSSR count). The molecule has 6 nitrogen and oxygen atoms in total. The van der Waals surface area contributed by atoms with Crippen LogP contribution in [0.2, 0.25) is 0 Å². The molecule has 18 heavy (non-hydrogen) atoms. The van der Waals surface area contributed by atoms with Crippen LogP contribution in [0.1, 0.15) is 6.42 Å². The van der Waals surface area contributed by atoms with Crippen LogP contribution in [0.15, 0.2) is 30.3 Å². The Balaban J connectivity index is 1.96. The van der Waals surface area contributed by atoms with Crippen LogP contribution >= 0.6 is 0 Å². The van der Waals surface area contributed by atoms with E-state index in [1.165, 1.54) is 5.01 Å². The van der Waals surface area contributed by atoms with Crippen molar-refractivity contribution >= 4 is 17.5 Å². The second-order valence-corrected chi connectivity index (χ2v) is 4.28. The predicted octanol–water partition coefficient (Wildman–Crippen LogP) is 0.207. The van der Waals surface area contributed by atoms with Crippen LogP contribution in [0.4, 0.5) is 5.69 Å². The van der Waals surface area contributed by atoms with Gasteiger partial charge in [0.1, 0.15) is 6.04 Å². The van der Waals surface area contributed by atoms with Crippen molar-refractivity contribution in [3.63, 3.8) is 0 Å². The Labute approximate surface area is 105 Å². The topological polar surface area (TPSA) is 64.7 Å². The summed E-state index contributed by atoms with van der Waals surface area (Å²) in [6, 6.07) is 8.90. The number of rotatable bonds is 4. The fraction of sp³-hybridized carbons (Fsp3) is 0.333. The lowest BCUT2D eigenvalue weighted by Gasteiger charge is -2.22. The zero-order valence-corrected chi connectivity index (χ0v) is 10.4. The Morgan fingerprint density at radius 2 is 1.89 bits per heavy atom. The molecule has 0 spiro atoms. The normalized spacial score (nSPS) is 19.7. The molecule has 0 bridgehead atoms. The number of imide groups is 1. The van der Waals surface area contributed by atoms with Crippen LogP contribution in [0.3, 0.4) is 0 Å². The fourth-order valence-electron chi connectivity index (χ4n) is 1.84. The summed E-state index contributed by atoms with van der Waals surface area (Å²) >= 11 is 0. The first-order chi connectivity index (χ1) is 8.59. The van der Waals surface area contributed by atoms with E-state index < -0.39 is 6.04 Å². The summed E-state index contributed by atoms with van der Waals surface area (Å²) in [4.78, 5) is 23.6. The zero-order valence-electron chi connectivity index (χ0n) is 10.4. The number of amides is 2. The van der Waals surface area contributed by atoms with E-state index >= 15 is 0 Å². The van der Waals surface area contributed by atoms with E-state index in [-0.39, 0.29) is 18.2 Å². The molecule has 0 aromatic heterocycles. The van der Waals surface area contributed by atoms with E-state index in [1.54, 1.807) is 14.1 Å². The molecule has 1 fully saturated rings. The maximum atomic E-state index is 11.9. The van der Waals surface area contributed by atoms with Gasteiger partial charge < -0.3 is 5.43 Å². The summed E-state index contributed by atoms with van der Waals surface area (Å²) < 4.78 is 0. The molecular formula is C12H16N4O2. The van der Waals surface area contributed by atoms with Crippen molar-refractivity contribution in [1.82, 2.24) is 15.4 Å². The Bertz CT molecular complexity index is 447. The summed E-state index contributed by atoms with van der Waals surface area (Å²) in [7, 11) is 3.34. The number of hydrazine groups is 2. The molecule has 1 aliphatic rings. The average molecular weight is 248 g/mol. The highest BCUT2D eigenvalue weighted by molar-refractivity contribution is 6.05. The molecule has 96 valence electrons. The quantitative estimate of drug-likeness (QED) is 0.589. The number of hydrogen-bond donors (Lipinski definition) is 2. The van der Waals surface area contributed by atoms with Crippen molar-refractivity contribution in [1.29, 1.82) is 0 Å². The molecule has 1 atom stereocenters. The van der Waals surface area contributed by atoms with Gasteiger partial charge in [0.25, 0.3) is 5.91 Å². The Hall–Kier alpha value is -1.92. The molecular weight excluding hydrogens is 232 g/mol. The first kappa shape index (κ1) is 12.5. The SMILES string of the molecule is CN(C)N1C(=O)C[C@@H](NNc2ccccc2)C1=O. The van der Waals surface area contributed by atoms with Gasteiger partial charge in [0.05, 0.1) is 6.42 Å². The van der Waals surface area contributed by atoms with Gasteiger partial charge in [-0.25, -0.2) is 15.4 Å². The number of hydrogen-bond acceptors (Lipinski definition) is 5. The van der Waals surface area contributed by atoms with Gasteiger partial charge in [0.15, 0.2) is 0 Å². The third kappa shape index (κ3) is 2.49. The van der Waals surface area contributed by atoms with Crippen molar-refractivity contribution in [2.24, 2.45) is 0 Å². The molecule has 1 aromatic rings. The van der Waals surface area contributed by atoms with Gasteiger partial charge >= 0.3 is 0 Å². The Morgan fingerprint density at radius 1 is 1.22 bits per heavy atom. The third-order valence-corrected chi connectivity index (χ3v) is 2.69. The molecule has 1 heterocycles. The van der Waals surface area contributed by atoms with Gasteiger partial charge in [0.2, 0.25) is 5.91 Å². The van der Waals surface area contributed by atoms with E-state index in [4.69, 9.17) is 0 Å². The lowest BCUT2D eigenvalue weighted by molar-refractivity contribution is -0.153. The summed E-state index contributed by atoms with van der Waals surface area (Å²) in [5.41, 5.74) is 6.65. The molecule has 2 amide bonds. The van der Waals surface area contributed by atoms with Gasteiger partial charge in [-0.15, -0.1) is 0 Å². The van der Waals surface area contributed by atoms with Gasteiger partial charge in [-0.1, -0.05) is 18.2 Å². The monoisotopic (exact) mass is 248 g/mol. The van der Waals surface area contributed by atoms with Crippen molar-refractivity contribution in [3.05, 3.63) is 30.3 Å². The Kier molecular flexibility index (Phi) is 3.59. The molecule has 0 unspecified atom stereocenters. The summed E-state index contributed by atoms with van der Waals surface area (Å²) in [5.74, 6) is -0.439. The number of carbonyl (C=O) groups is 2. The van der Waals surface area contributed by atoms with Crippen molar-refractivity contribution in [3.8, 4) is 0 Å². The number of nitrogens with one attached hydrogen (secondary N) is 2. The minimum atomic E-state index is -0.528. The van der Waals surface area contributed by atoms with Crippen LogP contribution in [0.5, 0.6) is 0 Å². The highest BCUT2D eigenvalue weighted by Crippen LogP contribution is 2.14. The third-order valence-electron chi connectivity index (χ3n) is 2.69. The minimum absolute atomic E-state index is 0.164. The van der Waals surface area contributed by atoms with Crippen LogP contribution in [-0.4, -0.2) is 42.0 Å². The highest BCUT2D eigenvalue weighted by atomic mass is 16.2. The van der Waals surface area contributed by atoms with Gasteiger partial charge in [-0.05, 0) is 12.1 Å². The number of carbonyl (C=O) groups excluding carboxylic acids is 2. The molecule has 6 heteroatoms. The number of para-hydroxylation sites is 1. The molecule has 0 saturated carbocycles. The summed E-state index contributed by atoms with van der Waals surface area (Å²) in [5, 5.41) is 2.64. The number of anilines is 1. The number of benzene rings is 1. The summed E-state index contributed by atoms with van der Waals surface area (Å²) in [6.07, 6.45) is 0.164. The molecule has 1 aromatic carbocycles. The highest BCUT2D eigenvalue weighted by Gasteiger charge is 2.39. The smallest absolute Gasteiger partial charge is 0.263 e. The minimum Gasteiger partial charge on any atom is -0.321 e. The molecule has 0 radical (unpaired) electrons. The first-order valence-electron chi connectivity index (χ1n) is 5.70. The molecule has 1 saturated heterocycles. The van der Waals surface area contributed by atoms with Gasteiger partial charge in [0, 0.05) is 19.8 Å².